The maximum atomic E-state index is 14.9. The first-order valence-electron chi connectivity index (χ1n) is 12.2. The van der Waals surface area contributed by atoms with Crippen molar-refractivity contribution in [1.82, 2.24) is 14.5 Å². The van der Waals surface area contributed by atoms with E-state index < -0.39 is 42.3 Å². The van der Waals surface area contributed by atoms with Gasteiger partial charge in [0.25, 0.3) is 0 Å². The van der Waals surface area contributed by atoms with E-state index in [4.69, 9.17) is 43.8 Å². The predicted octanol–water partition coefficient (Wildman–Crippen LogP) is 5.87. The van der Waals surface area contributed by atoms with Crippen LogP contribution >= 0.6 is 23.2 Å². The molecule has 2 unspecified atom stereocenters. The molecule has 1 saturated heterocycles. The summed E-state index contributed by atoms with van der Waals surface area (Å²) < 4.78 is 33.8. The molecule has 8 nitrogen and oxygen atoms in total. The molecule has 4 aromatic rings. The molecule has 1 aliphatic rings. The van der Waals surface area contributed by atoms with E-state index in [1.165, 1.54) is 4.57 Å². The Morgan fingerprint density at radius 2 is 1.68 bits per heavy atom. The molecular weight excluding hydrogens is 560 g/mol. The summed E-state index contributed by atoms with van der Waals surface area (Å²) in [4.78, 5) is 33.8. The molecule has 5 rings (SSSR count). The number of rotatable bonds is 6. The van der Waals surface area contributed by atoms with E-state index in [2.05, 4.69) is 15.9 Å². The summed E-state index contributed by atoms with van der Waals surface area (Å²) in [5, 5.41) is -0.443. The monoisotopic (exact) mass is 581 g/mol. The van der Waals surface area contributed by atoms with Gasteiger partial charge in [-0.25, -0.2) is 19.0 Å². The van der Waals surface area contributed by atoms with Gasteiger partial charge < -0.3 is 18.8 Å². The Hall–Kier alpha value is -3.97. The van der Waals surface area contributed by atoms with Crippen LogP contribution in [0.25, 0.3) is 11.0 Å². The maximum absolute atomic E-state index is 14.9. The minimum Gasteiger partial charge on any atom is -0.458 e. The largest absolute Gasteiger partial charge is 0.458 e. The van der Waals surface area contributed by atoms with Crippen molar-refractivity contribution in [1.29, 1.82) is 0 Å². The number of esters is 2. The minimum absolute atomic E-state index is 0.0215. The standard InChI is InChI=1S/C29H22Cl2FN3O5/c1-4-29(15-38-26(36)18-9-5-16(2)6-10-18)21(39-27(37)19-11-7-17(3)8-12-19)13-22(40-29)35-14-20(32)23-24(30)33-28(31)34-25(23)35/h1,5-12,14,21-22H,13,15H2,2-3H3/t21?,22?,29-/m1/s1. The average Bonchev–Trinajstić information content (AvgIpc) is 3.45. The lowest BCUT2D eigenvalue weighted by molar-refractivity contribution is -0.0967. The molecule has 0 saturated carbocycles. The second-order valence-corrected chi connectivity index (χ2v) is 10.1. The van der Waals surface area contributed by atoms with Crippen molar-refractivity contribution in [2.75, 3.05) is 6.61 Å². The van der Waals surface area contributed by atoms with Gasteiger partial charge in [0.15, 0.2) is 17.6 Å². The van der Waals surface area contributed by atoms with Crippen LogP contribution in [0.4, 0.5) is 4.39 Å². The smallest absolute Gasteiger partial charge is 0.338 e. The molecule has 2 aromatic carbocycles. The zero-order chi connectivity index (χ0) is 28.6. The fraction of sp³-hybridized carbons (Fsp3) is 0.241. The summed E-state index contributed by atoms with van der Waals surface area (Å²) in [7, 11) is 0. The fourth-order valence-corrected chi connectivity index (χ4v) is 4.90. The molecule has 1 fully saturated rings. The summed E-state index contributed by atoms with van der Waals surface area (Å²) in [5.74, 6) is 0.506. The lowest BCUT2D eigenvalue weighted by Crippen LogP contribution is -2.45. The van der Waals surface area contributed by atoms with Gasteiger partial charge >= 0.3 is 11.9 Å². The normalized spacial score (nSPS) is 20.3. The van der Waals surface area contributed by atoms with Crippen molar-refractivity contribution >= 4 is 46.2 Å². The number of carbonyl (C=O) groups excluding carboxylic acids is 2. The molecule has 0 aliphatic carbocycles. The Balaban J connectivity index is 1.48. The van der Waals surface area contributed by atoms with Crippen LogP contribution in [0, 0.1) is 32.0 Å². The zero-order valence-electron chi connectivity index (χ0n) is 21.4. The lowest BCUT2D eigenvalue weighted by Gasteiger charge is -2.28. The molecule has 0 spiro atoms. The van der Waals surface area contributed by atoms with Crippen LogP contribution in [0.1, 0.15) is 44.5 Å². The van der Waals surface area contributed by atoms with Crippen molar-refractivity contribution in [3.63, 3.8) is 0 Å². The van der Waals surface area contributed by atoms with Crippen LogP contribution in [0.2, 0.25) is 10.4 Å². The van der Waals surface area contributed by atoms with Crippen LogP contribution in [0.15, 0.2) is 54.7 Å². The van der Waals surface area contributed by atoms with Crippen LogP contribution in [0.5, 0.6) is 0 Å². The van der Waals surface area contributed by atoms with Gasteiger partial charge in [-0.05, 0) is 49.7 Å². The van der Waals surface area contributed by atoms with Gasteiger partial charge in [-0.15, -0.1) is 6.42 Å². The Kier molecular flexibility index (Phi) is 7.51. The van der Waals surface area contributed by atoms with Crippen LogP contribution < -0.4 is 0 Å². The third-order valence-corrected chi connectivity index (χ3v) is 7.08. The topological polar surface area (TPSA) is 92.5 Å². The van der Waals surface area contributed by atoms with Gasteiger partial charge in [0.2, 0.25) is 10.9 Å². The van der Waals surface area contributed by atoms with Gasteiger partial charge in [-0.1, -0.05) is 52.9 Å². The summed E-state index contributed by atoms with van der Waals surface area (Å²) in [5.41, 5.74) is 0.875. The van der Waals surface area contributed by atoms with E-state index in [1.54, 1.807) is 48.5 Å². The molecule has 0 amide bonds. The van der Waals surface area contributed by atoms with Gasteiger partial charge in [-0.2, -0.15) is 4.98 Å². The highest BCUT2D eigenvalue weighted by molar-refractivity contribution is 6.35. The second-order valence-electron chi connectivity index (χ2n) is 9.41. The molecule has 3 atom stereocenters. The van der Waals surface area contributed by atoms with Crippen molar-refractivity contribution in [2.24, 2.45) is 0 Å². The number of nitrogens with zero attached hydrogens (tertiary/aromatic N) is 3. The summed E-state index contributed by atoms with van der Waals surface area (Å²) in [6, 6.07) is 13.6. The third kappa shape index (κ3) is 5.26. The number of ether oxygens (including phenoxy) is 3. The maximum Gasteiger partial charge on any atom is 0.338 e. The van der Waals surface area contributed by atoms with E-state index in [-0.39, 0.29) is 27.9 Å². The minimum atomic E-state index is -1.71. The van der Waals surface area contributed by atoms with E-state index in [1.807, 2.05) is 13.8 Å². The van der Waals surface area contributed by atoms with Gasteiger partial charge in [0.1, 0.15) is 18.0 Å². The number of hydrogen-bond acceptors (Lipinski definition) is 7. The first kappa shape index (κ1) is 27.6. The SMILES string of the molecule is C#C[C@]1(COC(=O)c2ccc(C)cc2)OC(n2cc(F)c3c(Cl)nc(Cl)nc32)CC1OC(=O)c1ccc(C)cc1. The van der Waals surface area contributed by atoms with Crippen molar-refractivity contribution in [3.05, 3.63) is 93.2 Å². The number of aromatic nitrogens is 3. The zero-order valence-corrected chi connectivity index (χ0v) is 22.9. The van der Waals surface area contributed by atoms with E-state index in [9.17, 15) is 14.0 Å². The number of aryl methyl sites for hydroxylation is 2. The number of hydrogen-bond donors (Lipinski definition) is 0. The van der Waals surface area contributed by atoms with Gasteiger partial charge in [-0.3, -0.25) is 0 Å². The molecule has 204 valence electrons. The average molecular weight is 582 g/mol. The molecule has 1 aliphatic heterocycles. The molecule has 3 heterocycles. The highest BCUT2D eigenvalue weighted by Crippen LogP contribution is 2.41. The first-order valence-corrected chi connectivity index (χ1v) is 12.9. The fourth-order valence-electron chi connectivity index (χ4n) is 4.44. The Morgan fingerprint density at radius 3 is 2.27 bits per heavy atom. The van der Waals surface area contributed by atoms with Crippen LogP contribution in [-0.4, -0.2) is 44.8 Å². The molecule has 40 heavy (non-hydrogen) atoms. The molecular formula is C29H22Cl2FN3O5. The van der Waals surface area contributed by atoms with E-state index in [0.29, 0.717) is 11.1 Å². The third-order valence-electron chi connectivity index (χ3n) is 6.63. The molecule has 11 heteroatoms. The highest BCUT2D eigenvalue weighted by Gasteiger charge is 2.52. The van der Waals surface area contributed by atoms with E-state index in [0.717, 1.165) is 17.3 Å². The van der Waals surface area contributed by atoms with E-state index >= 15 is 0 Å². The number of halogens is 3. The summed E-state index contributed by atoms with van der Waals surface area (Å²) in [6.07, 6.45) is 4.96. The molecule has 0 bridgehead atoms. The molecule has 0 radical (unpaired) electrons. The number of fused-ring (bicyclic) bond motifs is 1. The first-order chi connectivity index (χ1) is 19.1. The summed E-state index contributed by atoms with van der Waals surface area (Å²) >= 11 is 12.1. The molecule has 0 N–H and O–H groups in total. The van der Waals surface area contributed by atoms with Gasteiger partial charge in [0, 0.05) is 12.6 Å². The van der Waals surface area contributed by atoms with Crippen molar-refractivity contribution in [2.45, 2.75) is 38.2 Å². The van der Waals surface area contributed by atoms with Crippen molar-refractivity contribution < 1.29 is 28.2 Å². The highest BCUT2D eigenvalue weighted by atomic mass is 35.5. The Bertz CT molecular complexity index is 1650. The van der Waals surface area contributed by atoms with Crippen LogP contribution in [0.3, 0.4) is 0 Å². The number of benzene rings is 2. The quantitative estimate of drug-likeness (QED) is 0.122. The number of terminal acetylenes is 1. The second kappa shape index (κ2) is 10.9. The van der Waals surface area contributed by atoms with Crippen molar-refractivity contribution in [3.8, 4) is 12.3 Å². The Morgan fingerprint density at radius 1 is 1.07 bits per heavy atom. The molecule has 2 aromatic heterocycles. The summed E-state index contributed by atoms with van der Waals surface area (Å²) in [6.45, 7) is 3.33. The number of carbonyl (C=O) groups is 2. The van der Waals surface area contributed by atoms with Crippen LogP contribution in [-0.2, 0) is 14.2 Å². The van der Waals surface area contributed by atoms with Gasteiger partial charge in [0.05, 0.1) is 16.5 Å². The Labute approximate surface area is 239 Å². The lowest BCUT2D eigenvalue weighted by atomic mass is 9.98. The predicted molar refractivity (Wildman–Crippen MR) is 146 cm³/mol.